The van der Waals surface area contributed by atoms with Gasteiger partial charge in [-0.3, -0.25) is 0 Å². The highest BCUT2D eigenvalue weighted by molar-refractivity contribution is 5.89. The Balaban J connectivity index is 2.15. The first-order valence-electron chi connectivity index (χ1n) is 5.46. The van der Waals surface area contributed by atoms with Crippen LogP contribution in [0.3, 0.4) is 0 Å². The third-order valence-corrected chi connectivity index (χ3v) is 2.34. The van der Waals surface area contributed by atoms with Gasteiger partial charge in [0.2, 0.25) is 5.88 Å². The van der Waals surface area contributed by atoms with Crippen LogP contribution in [0, 0.1) is 11.3 Å². The van der Waals surface area contributed by atoms with E-state index >= 15 is 0 Å². The molecule has 94 valence electrons. The van der Waals surface area contributed by atoms with E-state index in [-0.39, 0.29) is 5.69 Å². The van der Waals surface area contributed by atoms with Crippen LogP contribution in [0.2, 0.25) is 0 Å². The third kappa shape index (κ3) is 3.07. The second-order valence-electron chi connectivity index (χ2n) is 3.59. The van der Waals surface area contributed by atoms with Crippen LogP contribution in [0.5, 0.6) is 11.6 Å². The lowest BCUT2D eigenvalue weighted by atomic mass is 10.2. The van der Waals surface area contributed by atoms with Crippen LogP contribution >= 0.6 is 0 Å². The van der Waals surface area contributed by atoms with Gasteiger partial charge in [-0.25, -0.2) is 9.78 Å². The Hall–Kier alpha value is -2.87. The highest BCUT2D eigenvalue weighted by Gasteiger charge is 2.05. The molecule has 0 N–H and O–H groups in total. The molecule has 0 saturated heterocycles. The van der Waals surface area contributed by atoms with Crippen LogP contribution in [0.25, 0.3) is 0 Å². The summed E-state index contributed by atoms with van der Waals surface area (Å²) < 4.78 is 10.1. The molecule has 0 atom stereocenters. The van der Waals surface area contributed by atoms with E-state index in [1.165, 1.54) is 7.11 Å². The molecule has 0 amide bonds. The van der Waals surface area contributed by atoms with Crippen molar-refractivity contribution in [3.63, 3.8) is 0 Å². The summed E-state index contributed by atoms with van der Waals surface area (Å²) >= 11 is 0. The fraction of sp³-hybridized carbons (Fsp3) is 0.0714. The van der Waals surface area contributed by atoms with E-state index in [1.807, 2.05) is 6.07 Å². The highest BCUT2D eigenvalue weighted by atomic mass is 16.5. The van der Waals surface area contributed by atoms with Crippen molar-refractivity contribution >= 4 is 5.97 Å². The van der Waals surface area contributed by atoms with Crippen molar-refractivity contribution in [2.75, 3.05) is 7.11 Å². The molecule has 0 fully saturated rings. The first-order valence-corrected chi connectivity index (χ1v) is 5.46. The number of hydrogen-bond donors (Lipinski definition) is 0. The van der Waals surface area contributed by atoms with Gasteiger partial charge in [-0.2, -0.15) is 5.26 Å². The zero-order valence-corrected chi connectivity index (χ0v) is 10.2. The highest BCUT2D eigenvalue weighted by Crippen LogP contribution is 2.20. The molecule has 0 saturated carbocycles. The molecule has 0 aliphatic rings. The van der Waals surface area contributed by atoms with Crippen LogP contribution in [0.15, 0.2) is 42.5 Å². The maximum atomic E-state index is 11.3. The number of carbonyl (C=O) groups is 1. The predicted octanol–water partition coefficient (Wildman–Crippen LogP) is 2.53. The summed E-state index contributed by atoms with van der Waals surface area (Å²) in [6, 6.07) is 13.3. The molecular formula is C14H10N2O3. The summed E-state index contributed by atoms with van der Waals surface area (Å²) in [5.41, 5.74) is 0.720. The van der Waals surface area contributed by atoms with Gasteiger partial charge in [-0.05, 0) is 30.3 Å². The van der Waals surface area contributed by atoms with Gasteiger partial charge in [-0.1, -0.05) is 6.07 Å². The van der Waals surface area contributed by atoms with Crippen molar-refractivity contribution in [3.05, 3.63) is 53.7 Å². The molecule has 0 spiro atoms. The van der Waals surface area contributed by atoms with E-state index in [9.17, 15) is 4.79 Å². The number of hydrogen-bond acceptors (Lipinski definition) is 5. The van der Waals surface area contributed by atoms with Gasteiger partial charge in [0, 0.05) is 6.07 Å². The summed E-state index contributed by atoms with van der Waals surface area (Å²) in [6.45, 7) is 0. The number of carbonyl (C=O) groups excluding carboxylic acids is 1. The second kappa shape index (κ2) is 5.65. The Morgan fingerprint density at radius 3 is 2.58 bits per heavy atom. The van der Waals surface area contributed by atoms with E-state index in [0.29, 0.717) is 17.2 Å². The molecule has 5 nitrogen and oxygen atoms in total. The molecule has 0 radical (unpaired) electrons. The summed E-state index contributed by atoms with van der Waals surface area (Å²) in [7, 11) is 1.32. The molecule has 2 aromatic rings. The molecule has 1 aromatic heterocycles. The van der Waals surface area contributed by atoms with Gasteiger partial charge in [0.1, 0.15) is 17.5 Å². The molecule has 1 aromatic carbocycles. The first kappa shape index (κ1) is 12.6. The van der Waals surface area contributed by atoms with Gasteiger partial charge in [-0.15, -0.1) is 0 Å². The summed E-state index contributed by atoms with van der Waals surface area (Å²) in [4.78, 5) is 15.2. The van der Waals surface area contributed by atoms with E-state index in [4.69, 9.17) is 10.00 Å². The molecule has 2 rings (SSSR count). The fourth-order valence-electron chi connectivity index (χ4n) is 1.43. The van der Waals surface area contributed by atoms with Gasteiger partial charge in [0.05, 0.1) is 12.7 Å². The lowest BCUT2D eigenvalue weighted by molar-refractivity contribution is 0.0600. The van der Waals surface area contributed by atoms with Crippen LogP contribution < -0.4 is 4.74 Å². The molecule has 5 heteroatoms. The van der Waals surface area contributed by atoms with Crippen molar-refractivity contribution in [2.24, 2.45) is 0 Å². The predicted molar refractivity (Wildman–Crippen MR) is 66.8 cm³/mol. The van der Waals surface area contributed by atoms with Crippen molar-refractivity contribution < 1.29 is 14.3 Å². The molecule has 0 aliphatic carbocycles. The minimum absolute atomic E-state index is 0.281. The summed E-state index contributed by atoms with van der Waals surface area (Å²) in [5, 5.41) is 8.73. The number of benzene rings is 1. The summed E-state index contributed by atoms with van der Waals surface area (Å²) in [5.74, 6) is 0.441. The zero-order chi connectivity index (χ0) is 13.7. The summed E-state index contributed by atoms with van der Waals surface area (Å²) in [6.07, 6.45) is 0. The molecule has 1 heterocycles. The molecular weight excluding hydrogens is 244 g/mol. The molecule has 19 heavy (non-hydrogen) atoms. The number of aromatic nitrogens is 1. The fourth-order valence-corrected chi connectivity index (χ4v) is 1.43. The van der Waals surface area contributed by atoms with Gasteiger partial charge in [0.25, 0.3) is 0 Å². The minimum atomic E-state index is -0.406. The largest absolute Gasteiger partial charge is 0.465 e. The van der Waals surface area contributed by atoms with E-state index in [2.05, 4.69) is 9.72 Å². The first-order chi connectivity index (χ1) is 9.22. The average molecular weight is 254 g/mol. The number of ether oxygens (including phenoxy) is 2. The van der Waals surface area contributed by atoms with Crippen molar-refractivity contribution in [1.29, 1.82) is 5.26 Å². The number of nitrogens with zero attached hydrogens (tertiary/aromatic N) is 2. The van der Waals surface area contributed by atoms with Crippen molar-refractivity contribution in [3.8, 4) is 17.7 Å². The standard InChI is InChI=1S/C14H10N2O3/c1-18-14(17)10-5-7-12(8-6-10)19-13-4-2-3-11(9-15)16-13/h2-8H,1H3. The Bertz CT molecular complexity index is 630. The van der Waals surface area contributed by atoms with Crippen molar-refractivity contribution in [1.82, 2.24) is 4.98 Å². The SMILES string of the molecule is COC(=O)c1ccc(Oc2cccc(C#N)n2)cc1. The van der Waals surface area contributed by atoms with E-state index < -0.39 is 5.97 Å². The zero-order valence-electron chi connectivity index (χ0n) is 10.2. The minimum Gasteiger partial charge on any atom is -0.465 e. The van der Waals surface area contributed by atoms with Gasteiger partial charge < -0.3 is 9.47 Å². The maximum Gasteiger partial charge on any atom is 0.337 e. The normalized spacial score (nSPS) is 9.47. The van der Waals surface area contributed by atoms with Crippen LogP contribution in [0.4, 0.5) is 0 Å². The third-order valence-electron chi connectivity index (χ3n) is 2.34. The average Bonchev–Trinajstić information content (AvgIpc) is 2.47. The van der Waals surface area contributed by atoms with Crippen LogP contribution in [-0.4, -0.2) is 18.1 Å². The van der Waals surface area contributed by atoms with Crippen molar-refractivity contribution in [2.45, 2.75) is 0 Å². The smallest absolute Gasteiger partial charge is 0.337 e. The Morgan fingerprint density at radius 1 is 1.21 bits per heavy atom. The molecule has 0 aliphatic heterocycles. The van der Waals surface area contributed by atoms with E-state index in [1.54, 1.807) is 42.5 Å². The van der Waals surface area contributed by atoms with Crippen LogP contribution in [-0.2, 0) is 4.74 Å². The lowest BCUT2D eigenvalue weighted by Crippen LogP contribution is -2.00. The monoisotopic (exact) mass is 254 g/mol. The quantitative estimate of drug-likeness (QED) is 0.787. The number of nitriles is 1. The lowest BCUT2D eigenvalue weighted by Gasteiger charge is -2.05. The van der Waals surface area contributed by atoms with E-state index in [0.717, 1.165) is 0 Å². The van der Waals surface area contributed by atoms with Gasteiger partial charge in [0.15, 0.2) is 0 Å². The molecule has 0 bridgehead atoms. The number of pyridine rings is 1. The maximum absolute atomic E-state index is 11.3. The Kier molecular flexibility index (Phi) is 3.74. The Labute approximate surface area is 110 Å². The van der Waals surface area contributed by atoms with Gasteiger partial charge >= 0.3 is 5.97 Å². The topological polar surface area (TPSA) is 72.2 Å². The second-order valence-corrected chi connectivity index (χ2v) is 3.59. The number of methoxy groups -OCH3 is 1. The Morgan fingerprint density at radius 2 is 1.95 bits per heavy atom. The number of rotatable bonds is 3. The number of esters is 1. The van der Waals surface area contributed by atoms with Crippen LogP contribution in [0.1, 0.15) is 16.1 Å². The molecule has 0 unspecified atom stereocenters.